The molecule has 0 saturated carbocycles. The van der Waals surface area contributed by atoms with Crippen molar-refractivity contribution >= 4 is 11.8 Å². The Kier molecular flexibility index (Phi) is 4.65. The molecular formula is C24H26O8. The molecule has 32 heavy (non-hydrogen) atoms. The largest absolute Gasteiger partial charge is 0.493 e. The van der Waals surface area contributed by atoms with Crippen LogP contribution < -0.4 is 14.2 Å². The molecule has 0 bridgehead atoms. The number of methoxy groups -OCH3 is 2. The van der Waals surface area contributed by atoms with Crippen molar-refractivity contribution in [2.24, 2.45) is 11.8 Å². The topological polar surface area (TPSA) is 89.5 Å². The molecule has 2 aliphatic carbocycles. The summed E-state index contributed by atoms with van der Waals surface area (Å²) in [6.07, 6.45) is 1.92. The predicted octanol–water partition coefficient (Wildman–Crippen LogP) is 3.34. The van der Waals surface area contributed by atoms with Gasteiger partial charge in [-0.15, -0.1) is 0 Å². The molecule has 0 aromatic heterocycles. The van der Waals surface area contributed by atoms with E-state index < -0.39 is 11.5 Å². The standard InChI is InChI=1S/C24H26O8/c1-11-6-14-7-16(27-4)21(28-5)23(26)24(14)9-29-22-18(24)15(8-17-20(22)31-10-30-17)19(12(11)2)32-13(3)25/h7-8,11-12,19H,6,9-10H2,1-5H3/t11-,12-,19-,24?/m0/s1. The van der Waals surface area contributed by atoms with Crippen molar-refractivity contribution < 1.29 is 38.0 Å². The molecule has 2 aliphatic heterocycles. The van der Waals surface area contributed by atoms with Gasteiger partial charge in [-0.25, -0.2) is 0 Å². The number of carbonyl (C=O) groups excluding carboxylic acids is 2. The van der Waals surface area contributed by atoms with E-state index in [9.17, 15) is 9.59 Å². The number of ether oxygens (including phenoxy) is 6. The normalized spacial score (nSPS) is 29.8. The predicted molar refractivity (Wildman–Crippen MR) is 111 cm³/mol. The Balaban J connectivity index is 1.85. The second kappa shape index (κ2) is 7.18. The van der Waals surface area contributed by atoms with Gasteiger partial charge >= 0.3 is 5.97 Å². The average molecular weight is 442 g/mol. The zero-order chi connectivity index (χ0) is 22.8. The minimum atomic E-state index is -1.12. The lowest BCUT2D eigenvalue weighted by Gasteiger charge is -2.41. The molecule has 1 aromatic carbocycles. The maximum absolute atomic E-state index is 14.0. The van der Waals surface area contributed by atoms with Crippen molar-refractivity contribution in [3.8, 4) is 17.2 Å². The van der Waals surface area contributed by atoms with Crippen molar-refractivity contribution in [1.82, 2.24) is 0 Å². The number of benzene rings is 1. The molecule has 0 fully saturated rings. The highest BCUT2D eigenvalue weighted by Gasteiger charge is 2.59. The summed E-state index contributed by atoms with van der Waals surface area (Å²) in [7, 11) is 2.97. The van der Waals surface area contributed by atoms with Gasteiger partial charge in [0.2, 0.25) is 24.1 Å². The third kappa shape index (κ3) is 2.61. The fourth-order valence-corrected chi connectivity index (χ4v) is 5.36. The van der Waals surface area contributed by atoms with Crippen molar-refractivity contribution in [2.75, 3.05) is 27.6 Å². The summed E-state index contributed by atoms with van der Waals surface area (Å²) in [5.74, 6) is 1.42. The van der Waals surface area contributed by atoms with Gasteiger partial charge in [-0.3, -0.25) is 9.59 Å². The van der Waals surface area contributed by atoms with Crippen LogP contribution in [0.15, 0.2) is 29.2 Å². The Morgan fingerprint density at radius 2 is 1.91 bits per heavy atom. The molecule has 170 valence electrons. The summed E-state index contributed by atoms with van der Waals surface area (Å²) in [5, 5.41) is 0. The number of allylic oxidation sites excluding steroid dienone is 2. The second-order valence-electron chi connectivity index (χ2n) is 8.77. The number of hydrogen-bond acceptors (Lipinski definition) is 8. The maximum Gasteiger partial charge on any atom is 0.303 e. The highest BCUT2D eigenvalue weighted by Crippen LogP contribution is 2.61. The van der Waals surface area contributed by atoms with Gasteiger partial charge < -0.3 is 28.4 Å². The minimum absolute atomic E-state index is 0.0308. The summed E-state index contributed by atoms with van der Waals surface area (Å²) in [6.45, 7) is 5.69. The first-order valence-corrected chi connectivity index (χ1v) is 10.7. The van der Waals surface area contributed by atoms with Crippen molar-refractivity contribution in [3.63, 3.8) is 0 Å². The van der Waals surface area contributed by atoms with Crippen LogP contribution in [0.1, 0.15) is 44.4 Å². The van der Waals surface area contributed by atoms with E-state index in [0.717, 1.165) is 5.57 Å². The summed E-state index contributed by atoms with van der Waals surface area (Å²) in [5.41, 5.74) is 1.13. The molecular weight excluding hydrogens is 416 g/mol. The van der Waals surface area contributed by atoms with Crippen LogP contribution in [0.4, 0.5) is 0 Å². The lowest BCUT2D eigenvalue weighted by atomic mass is 9.62. The van der Waals surface area contributed by atoms with Gasteiger partial charge in [-0.2, -0.15) is 0 Å². The number of fused-ring (bicyclic) bond motifs is 2. The molecule has 1 aromatic rings. The van der Waals surface area contributed by atoms with E-state index in [1.54, 1.807) is 0 Å². The minimum Gasteiger partial charge on any atom is -0.493 e. The molecule has 0 radical (unpaired) electrons. The zero-order valence-electron chi connectivity index (χ0n) is 18.8. The molecule has 0 saturated heterocycles. The van der Waals surface area contributed by atoms with Crippen LogP contribution in [0.3, 0.4) is 0 Å². The molecule has 1 unspecified atom stereocenters. The van der Waals surface area contributed by atoms with Gasteiger partial charge in [0.25, 0.3) is 0 Å². The number of esters is 1. The first-order valence-electron chi connectivity index (χ1n) is 10.7. The molecule has 4 aliphatic rings. The van der Waals surface area contributed by atoms with Crippen LogP contribution in [0, 0.1) is 11.8 Å². The molecule has 8 nitrogen and oxygen atoms in total. The number of Topliss-reactive ketones (excluding diaryl/α,β-unsaturated/α-hetero) is 1. The average Bonchev–Trinajstić information content (AvgIpc) is 3.39. The molecule has 1 spiro atoms. The Bertz CT molecular complexity index is 1080. The van der Waals surface area contributed by atoms with Crippen LogP contribution in [0.5, 0.6) is 17.2 Å². The second-order valence-corrected chi connectivity index (χ2v) is 8.77. The Morgan fingerprint density at radius 3 is 2.59 bits per heavy atom. The Morgan fingerprint density at radius 1 is 1.12 bits per heavy atom. The number of hydrogen-bond donors (Lipinski definition) is 0. The Hall–Kier alpha value is -3.16. The van der Waals surface area contributed by atoms with Gasteiger partial charge in [-0.05, 0) is 30.1 Å². The van der Waals surface area contributed by atoms with E-state index in [-0.39, 0.29) is 42.7 Å². The highest BCUT2D eigenvalue weighted by molar-refractivity contribution is 6.08. The fourth-order valence-electron chi connectivity index (χ4n) is 5.36. The lowest BCUT2D eigenvalue weighted by molar-refractivity contribution is -0.150. The summed E-state index contributed by atoms with van der Waals surface area (Å²) in [6, 6.07) is 1.83. The lowest BCUT2D eigenvalue weighted by Crippen LogP contribution is -2.46. The van der Waals surface area contributed by atoms with Gasteiger partial charge in [-0.1, -0.05) is 13.8 Å². The van der Waals surface area contributed by atoms with Crippen LogP contribution in [-0.2, 0) is 29.2 Å². The smallest absolute Gasteiger partial charge is 0.303 e. The third-order valence-corrected chi connectivity index (χ3v) is 7.12. The van der Waals surface area contributed by atoms with Gasteiger partial charge in [0.15, 0.2) is 17.3 Å². The molecule has 0 amide bonds. The fraction of sp³-hybridized carbons (Fsp3) is 0.500. The van der Waals surface area contributed by atoms with Crippen LogP contribution in [0.25, 0.3) is 0 Å². The summed E-state index contributed by atoms with van der Waals surface area (Å²) >= 11 is 0. The number of ketones is 1. The van der Waals surface area contributed by atoms with Gasteiger partial charge in [0.05, 0.1) is 14.2 Å². The Labute approximate surface area is 186 Å². The first-order chi connectivity index (χ1) is 15.3. The summed E-state index contributed by atoms with van der Waals surface area (Å²) < 4.78 is 34.3. The van der Waals surface area contributed by atoms with Crippen molar-refractivity contribution in [1.29, 1.82) is 0 Å². The van der Waals surface area contributed by atoms with E-state index in [1.165, 1.54) is 21.1 Å². The van der Waals surface area contributed by atoms with E-state index in [4.69, 9.17) is 28.4 Å². The quantitative estimate of drug-likeness (QED) is 0.659. The third-order valence-electron chi connectivity index (χ3n) is 7.12. The van der Waals surface area contributed by atoms with Crippen LogP contribution >= 0.6 is 0 Å². The summed E-state index contributed by atoms with van der Waals surface area (Å²) in [4.78, 5) is 26.1. The SMILES string of the molecule is COC1=C(OC)C(=O)C23COc4c5c(cc(c42)[C@@H](OC(C)=O)[C@@H](C)[C@@H](C)CC3=C1)OCO5. The molecule has 8 heteroatoms. The van der Waals surface area contributed by atoms with E-state index in [2.05, 4.69) is 13.8 Å². The highest BCUT2D eigenvalue weighted by atomic mass is 16.7. The maximum atomic E-state index is 14.0. The first kappa shape index (κ1) is 20.7. The number of rotatable bonds is 3. The van der Waals surface area contributed by atoms with E-state index in [1.807, 2.05) is 12.1 Å². The molecule has 0 N–H and O–H groups in total. The monoisotopic (exact) mass is 442 g/mol. The molecule has 4 atom stereocenters. The molecule has 2 heterocycles. The van der Waals surface area contributed by atoms with Crippen LogP contribution in [-0.4, -0.2) is 39.4 Å². The van der Waals surface area contributed by atoms with Gasteiger partial charge in [0, 0.05) is 24.0 Å². The van der Waals surface area contributed by atoms with Crippen molar-refractivity contribution in [2.45, 2.75) is 38.7 Å². The van der Waals surface area contributed by atoms with Gasteiger partial charge in [0.1, 0.15) is 18.1 Å². The zero-order valence-corrected chi connectivity index (χ0v) is 18.8. The van der Waals surface area contributed by atoms with Crippen molar-refractivity contribution in [3.05, 3.63) is 40.4 Å². The van der Waals surface area contributed by atoms with E-state index in [0.29, 0.717) is 40.6 Å². The number of carbonyl (C=O) groups is 2. The van der Waals surface area contributed by atoms with Crippen LogP contribution in [0.2, 0.25) is 0 Å². The van der Waals surface area contributed by atoms with E-state index >= 15 is 0 Å². The molecule has 5 rings (SSSR count).